The Labute approximate surface area is 163 Å². The van der Waals surface area contributed by atoms with Crippen molar-refractivity contribution >= 4 is 5.97 Å². The number of carbonyl (C=O) groups is 1. The Morgan fingerprint density at radius 2 is 1.96 bits per heavy atom. The number of allylic oxidation sites excluding steroid dienone is 3. The van der Waals surface area contributed by atoms with Crippen molar-refractivity contribution in [2.45, 2.75) is 33.6 Å². The monoisotopic (exact) mass is 386 g/mol. The van der Waals surface area contributed by atoms with E-state index in [0.29, 0.717) is 30.1 Å². The number of benzene rings is 1. The molecule has 0 bridgehead atoms. The maximum atomic E-state index is 12.6. The second-order valence-electron chi connectivity index (χ2n) is 7.64. The number of furan rings is 1. The first-order chi connectivity index (χ1) is 13.3. The van der Waals surface area contributed by atoms with E-state index in [1.54, 1.807) is 19.9 Å². The van der Waals surface area contributed by atoms with Crippen molar-refractivity contribution in [1.29, 1.82) is 0 Å². The van der Waals surface area contributed by atoms with Crippen LogP contribution in [0.25, 0.3) is 0 Å². The number of esters is 1. The van der Waals surface area contributed by atoms with Gasteiger partial charge in [0, 0.05) is 24.8 Å². The summed E-state index contributed by atoms with van der Waals surface area (Å²) in [5.74, 6) is 0.00611. The SMILES string of the molecule is CC=CCc1oc(Cc2ccccc2)cc1OC(=O)C1C(C=C(F)F)C1(C)C. The van der Waals surface area contributed by atoms with E-state index >= 15 is 0 Å². The Kier molecular flexibility index (Phi) is 5.82. The minimum absolute atomic E-state index is 0.361. The molecule has 1 aliphatic rings. The van der Waals surface area contributed by atoms with Crippen LogP contribution < -0.4 is 4.74 Å². The van der Waals surface area contributed by atoms with E-state index < -0.39 is 29.3 Å². The zero-order valence-electron chi connectivity index (χ0n) is 16.2. The van der Waals surface area contributed by atoms with Crippen LogP contribution in [0.5, 0.6) is 5.75 Å². The summed E-state index contributed by atoms with van der Waals surface area (Å²) in [5, 5.41) is 0. The molecule has 0 aliphatic heterocycles. The molecule has 1 fully saturated rings. The minimum Gasteiger partial charge on any atom is -0.461 e. The van der Waals surface area contributed by atoms with Gasteiger partial charge >= 0.3 is 5.97 Å². The summed E-state index contributed by atoms with van der Waals surface area (Å²) in [7, 11) is 0. The summed E-state index contributed by atoms with van der Waals surface area (Å²) in [6, 6.07) is 11.6. The van der Waals surface area contributed by atoms with Crippen molar-refractivity contribution in [3.63, 3.8) is 0 Å². The molecule has 0 N–H and O–H groups in total. The van der Waals surface area contributed by atoms with E-state index in [0.717, 1.165) is 11.6 Å². The van der Waals surface area contributed by atoms with Gasteiger partial charge in [0.2, 0.25) is 0 Å². The van der Waals surface area contributed by atoms with Gasteiger partial charge in [-0.15, -0.1) is 0 Å². The zero-order valence-corrected chi connectivity index (χ0v) is 16.2. The van der Waals surface area contributed by atoms with Gasteiger partial charge in [-0.1, -0.05) is 56.3 Å². The normalized spacial score (nSPS) is 20.2. The largest absolute Gasteiger partial charge is 0.461 e. The third-order valence-corrected chi connectivity index (χ3v) is 5.26. The molecule has 1 aromatic heterocycles. The van der Waals surface area contributed by atoms with E-state index in [1.165, 1.54) is 0 Å². The smallest absolute Gasteiger partial charge is 0.315 e. The van der Waals surface area contributed by atoms with Crippen molar-refractivity contribution in [1.82, 2.24) is 0 Å². The standard InChI is InChI=1S/C23H24F2O3/c1-4-5-11-18-19(13-16(27-18)12-15-9-7-6-8-10-15)28-22(26)21-17(14-20(24)25)23(21,2)3/h4-10,13-14,17,21H,11-12H2,1-3H3. The van der Waals surface area contributed by atoms with Crippen molar-refractivity contribution in [2.75, 3.05) is 0 Å². The number of rotatable bonds is 7. The van der Waals surface area contributed by atoms with Gasteiger partial charge in [0.1, 0.15) is 5.76 Å². The van der Waals surface area contributed by atoms with Gasteiger partial charge in [-0.2, -0.15) is 8.78 Å². The lowest BCUT2D eigenvalue weighted by Gasteiger charge is -2.04. The maximum Gasteiger partial charge on any atom is 0.315 e. The highest BCUT2D eigenvalue weighted by Crippen LogP contribution is 2.60. The van der Waals surface area contributed by atoms with Gasteiger partial charge < -0.3 is 9.15 Å². The first-order valence-electron chi connectivity index (χ1n) is 9.34. The number of hydrogen-bond acceptors (Lipinski definition) is 3. The highest BCUT2D eigenvalue weighted by atomic mass is 19.3. The van der Waals surface area contributed by atoms with E-state index in [1.807, 2.05) is 49.4 Å². The van der Waals surface area contributed by atoms with Crippen LogP contribution in [0, 0.1) is 17.3 Å². The van der Waals surface area contributed by atoms with Crippen LogP contribution in [0.4, 0.5) is 8.78 Å². The van der Waals surface area contributed by atoms with Crippen LogP contribution in [-0.2, 0) is 17.6 Å². The van der Waals surface area contributed by atoms with Gasteiger partial charge in [0.05, 0.1) is 5.92 Å². The molecular formula is C23H24F2O3. The third-order valence-electron chi connectivity index (χ3n) is 5.26. The molecule has 1 saturated carbocycles. The fraction of sp³-hybridized carbons (Fsp3) is 0.348. The number of ether oxygens (including phenoxy) is 1. The molecule has 0 amide bonds. The van der Waals surface area contributed by atoms with Gasteiger partial charge in [-0.05, 0) is 24.0 Å². The van der Waals surface area contributed by atoms with Crippen LogP contribution in [0.1, 0.15) is 37.9 Å². The first kappa shape index (κ1) is 20.1. The fourth-order valence-corrected chi connectivity index (χ4v) is 3.55. The summed E-state index contributed by atoms with van der Waals surface area (Å²) in [4.78, 5) is 12.6. The van der Waals surface area contributed by atoms with Gasteiger partial charge in [-0.25, -0.2) is 0 Å². The molecule has 1 aromatic carbocycles. The van der Waals surface area contributed by atoms with Crippen molar-refractivity contribution in [2.24, 2.45) is 17.3 Å². The molecule has 2 unspecified atom stereocenters. The van der Waals surface area contributed by atoms with E-state index in [9.17, 15) is 13.6 Å². The topological polar surface area (TPSA) is 39.4 Å². The molecule has 0 spiro atoms. The summed E-state index contributed by atoms with van der Waals surface area (Å²) >= 11 is 0. The zero-order chi connectivity index (χ0) is 20.3. The second-order valence-corrected chi connectivity index (χ2v) is 7.64. The highest BCUT2D eigenvalue weighted by molar-refractivity contribution is 5.80. The molecule has 0 radical (unpaired) electrons. The lowest BCUT2D eigenvalue weighted by molar-refractivity contribution is -0.136. The Balaban J connectivity index is 1.78. The number of carbonyl (C=O) groups excluding carboxylic acids is 1. The Morgan fingerprint density at radius 3 is 2.61 bits per heavy atom. The van der Waals surface area contributed by atoms with Crippen LogP contribution >= 0.6 is 0 Å². The predicted molar refractivity (Wildman–Crippen MR) is 103 cm³/mol. The molecule has 0 saturated heterocycles. The fourth-order valence-electron chi connectivity index (χ4n) is 3.55. The number of hydrogen-bond donors (Lipinski definition) is 0. The lowest BCUT2D eigenvalue weighted by atomic mass is 10.1. The molecule has 148 valence electrons. The molecule has 5 heteroatoms. The summed E-state index contributed by atoms with van der Waals surface area (Å²) in [5.41, 5.74) is 0.541. The third kappa shape index (κ3) is 4.41. The molecule has 3 rings (SSSR count). The molecule has 1 aliphatic carbocycles. The average molecular weight is 386 g/mol. The van der Waals surface area contributed by atoms with Gasteiger partial charge in [-0.3, -0.25) is 4.79 Å². The molecular weight excluding hydrogens is 362 g/mol. The second kappa shape index (κ2) is 8.13. The summed E-state index contributed by atoms with van der Waals surface area (Å²) < 4.78 is 36.8. The van der Waals surface area contributed by atoms with Crippen LogP contribution in [0.2, 0.25) is 0 Å². The van der Waals surface area contributed by atoms with Gasteiger partial charge in [0.25, 0.3) is 6.08 Å². The first-order valence-corrected chi connectivity index (χ1v) is 9.34. The van der Waals surface area contributed by atoms with E-state index in [-0.39, 0.29) is 0 Å². The van der Waals surface area contributed by atoms with E-state index in [4.69, 9.17) is 9.15 Å². The molecule has 28 heavy (non-hydrogen) atoms. The summed E-state index contributed by atoms with van der Waals surface area (Å²) in [6.07, 6.45) is 3.95. The van der Waals surface area contributed by atoms with Crippen LogP contribution in [-0.4, -0.2) is 5.97 Å². The molecule has 2 atom stereocenters. The lowest BCUT2D eigenvalue weighted by Crippen LogP contribution is -2.14. The van der Waals surface area contributed by atoms with Crippen LogP contribution in [0.15, 0.2) is 65.1 Å². The quantitative estimate of drug-likeness (QED) is 0.436. The van der Waals surface area contributed by atoms with Crippen molar-refractivity contribution in [3.05, 3.63) is 77.8 Å². The van der Waals surface area contributed by atoms with Crippen molar-refractivity contribution in [3.8, 4) is 5.75 Å². The highest BCUT2D eigenvalue weighted by Gasteiger charge is 2.62. The average Bonchev–Trinajstić information content (AvgIpc) is 2.97. The Bertz CT molecular complexity index is 890. The maximum absolute atomic E-state index is 12.6. The van der Waals surface area contributed by atoms with Gasteiger partial charge in [0.15, 0.2) is 11.5 Å². The Hall–Kier alpha value is -2.69. The van der Waals surface area contributed by atoms with Crippen LogP contribution in [0.3, 0.4) is 0 Å². The summed E-state index contributed by atoms with van der Waals surface area (Å²) in [6.45, 7) is 5.48. The minimum atomic E-state index is -1.77. The molecule has 3 nitrogen and oxygen atoms in total. The van der Waals surface area contributed by atoms with Crippen molar-refractivity contribution < 1.29 is 22.7 Å². The number of halogens is 2. The molecule has 1 heterocycles. The molecule has 2 aromatic rings. The Morgan fingerprint density at radius 1 is 1.25 bits per heavy atom. The predicted octanol–water partition coefficient (Wildman–Crippen LogP) is 5.95. The van der Waals surface area contributed by atoms with E-state index in [2.05, 4.69) is 0 Å².